The predicted octanol–water partition coefficient (Wildman–Crippen LogP) is 3.92. The minimum absolute atomic E-state index is 0.407. The third-order valence-electron chi connectivity index (χ3n) is 6.38. The van der Waals surface area contributed by atoms with Crippen LogP contribution in [0.5, 0.6) is 0 Å². The first kappa shape index (κ1) is 21.2. The van der Waals surface area contributed by atoms with E-state index in [2.05, 4.69) is 55.3 Å². The average Bonchev–Trinajstić information content (AvgIpc) is 3.41. The molecule has 2 aromatic heterocycles. The molecule has 0 bridgehead atoms. The summed E-state index contributed by atoms with van der Waals surface area (Å²) < 4.78 is 7.31. The third-order valence-corrected chi connectivity index (χ3v) is 6.38. The topological polar surface area (TPSA) is 95.8 Å². The van der Waals surface area contributed by atoms with E-state index in [4.69, 9.17) is 14.8 Å². The van der Waals surface area contributed by atoms with Crippen LogP contribution in [0.2, 0.25) is 0 Å². The van der Waals surface area contributed by atoms with Crippen LogP contribution in [0.15, 0.2) is 47.0 Å². The van der Waals surface area contributed by atoms with Crippen molar-refractivity contribution in [2.24, 2.45) is 7.05 Å². The molecule has 8 heteroatoms. The highest BCUT2D eigenvalue weighted by molar-refractivity contribution is 5.80. The van der Waals surface area contributed by atoms with Crippen molar-refractivity contribution in [1.82, 2.24) is 24.6 Å². The second kappa shape index (κ2) is 9.04. The monoisotopic (exact) mass is 441 g/mol. The number of aromatic nitrogens is 4. The van der Waals surface area contributed by atoms with Crippen LogP contribution < -0.4 is 5.32 Å². The van der Waals surface area contributed by atoms with E-state index in [1.807, 2.05) is 32.2 Å². The molecule has 168 valence electrons. The molecule has 0 radical (unpaired) electrons. The summed E-state index contributed by atoms with van der Waals surface area (Å²) in [5.74, 6) is 2.09. The van der Waals surface area contributed by atoms with Crippen molar-refractivity contribution in [3.05, 3.63) is 59.4 Å². The van der Waals surface area contributed by atoms with Gasteiger partial charge in [0.2, 0.25) is 5.95 Å². The number of anilines is 1. The molecule has 1 saturated heterocycles. The Kier molecular flexibility index (Phi) is 5.80. The van der Waals surface area contributed by atoms with Gasteiger partial charge in [-0.05, 0) is 62.1 Å². The molecule has 0 aliphatic carbocycles. The van der Waals surface area contributed by atoms with Gasteiger partial charge >= 0.3 is 0 Å². The zero-order chi connectivity index (χ0) is 22.8. The molecule has 4 aromatic rings. The SMILES string of the molecule is Cc1noc(-c2ccc(CCN3CCC(Nc4nc5cc(C#N)ccc5n4C)CC3)cc2)n1. The second-order valence-electron chi connectivity index (χ2n) is 8.66. The van der Waals surface area contributed by atoms with Gasteiger partial charge in [-0.15, -0.1) is 0 Å². The molecule has 0 amide bonds. The van der Waals surface area contributed by atoms with Crippen molar-refractivity contribution in [2.75, 3.05) is 25.0 Å². The first-order valence-electron chi connectivity index (χ1n) is 11.3. The van der Waals surface area contributed by atoms with Gasteiger partial charge in [0.1, 0.15) is 0 Å². The van der Waals surface area contributed by atoms with Crippen LogP contribution in [0.4, 0.5) is 5.95 Å². The van der Waals surface area contributed by atoms with Gasteiger partial charge in [0, 0.05) is 38.3 Å². The number of nitrogens with zero attached hydrogens (tertiary/aromatic N) is 6. The molecule has 2 aromatic carbocycles. The minimum atomic E-state index is 0.407. The molecule has 0 atom stereocenters. The molecule has 1 aliphatic rings. The standard InChI is InChI=1S/C25H27N7O/c1-17-27-24(33-30-17)20-6-3-18(4-7-20)9-12-32-13-10-21(11-14-32)28-25-29-22-15-19(16-26)5-8-23(22)31(25)2/h3-8,15,21H,9-14H2,1-2H3,(H,28,29). The van der Waals surface area contributed by atoms with E-state index in [1.54, 1.807) is 0 Å². The predicted molar refractivity (Wildman–Crippen MR) is 127 cm³/mol. The molecule has 8 nitrogen and oxygen atoms in total. The fraction of sp³-hybridized carbons (Fsp3) is 0.360. The zero-order valence-electron chi connectivity index (χ0n) is 19.0. The number of fused-ring (bicyclic) bond motifs is 1. The summed E-state index contributed by atoms with van der Waals surface area (Å²) >= 11 is 0. The largest absolute Gasteiger partial charge is 0.353 e. The molecule has 33 heavy (non-hydrogen) atoms. The van der Waals surface area contributed by atoms with Gasteiger partial charge in [-0.3, -0.25) is 0 Å². The number of rotatable bonds is 6. The van der Waals surface area contributed by atoms with Crippen molar-refractivity contribution in [3.8, 4) is 17.5 Å². The van der Waals surface area contributed by atoms with E-state index in [1.165, 1.54) is 5.56 Å². The Morgan fingerprint density at radius 2 is 1.91 bits per heavy atom. The van der Waals surface area contributed by atoms with Gasteiger partial charge in [-0.25, -0.2) is 4.98 Å². The lowest BCUT2D eigenvalue weighted by Gasteiger charge is -2.32. The summed E-state index contributed by atoms with van der Waals surface area (Å²) in [5, 5.41) is 16.6. The Hall–Kier alpha value is -3.70. The molecule has 1 N–H and O–H groups in total. The normalized spacial score (nSPS) is 15.1. The van der Waals surface area contributed by atoms with E-state index in [-0.39, 0.29) is 0 Å². The summed E-state index contributed by atoms with van der Waals surface area (Å²) in [6.45, 7) is 5.01. The van der Waals surface area contributed by atoms with Crippen molar-refractivity contribution < 1.29 is 4.52 Å². The van der Waals surface area contributed by atoms with E-state index >= 15 is 0 Å². The van der Waals surface area contributed by atoms with Gasteiger partial charge in [0.05, 0.1) is 22.7 Å². The number of hydrogen-bond acceptors (Lipinski definition) is 7. The Bertz CT molecular complexity index is 1290. The van der Waals surface area contributed by atoms with Gasteiger partial charge in [0.15, 0.2) is 5.82 Å². The van der Waals surface area contributed by atoms with Gasteiger partial charge in [-0.1, -0.05) is 17.3 Å². The highest BCUT2D eigenvalue weighted by Gasteiger charge is 2.21. The maximum absolute atomic E-state index is 9.12. The lowest BCUT2D eigenvalue weighted by Crippen LogP contribution is -2.40. The van der Waals surface area contributed by atoms with Crippen LogP contribution in [0.25, 0.3) is 22.5 Å². The lowest BCUT2D eigenvalue weighted by molar-refractivity contribution is 0.221. The Morgan fingerprint density at radius 3 is 2.61 bits per heavy atom. The second-order valence-corrected chi connectivity index (χ2v) is 8.66. The van der Waals surface area contributed by atoms with E-state index in [0.29, 0.717) is 23.3 Å². The highest BCUT2D eigenvalue weighted by atomic mass is 16.5. The van der Waals surface area contributed by atoms with Crippen LogP contribution in [-0.4, -0.2) is 50.3 Å². The molecular formula is C25H27N7O. The summed E-state index contributed by atoms with van der Waals surface area (Å²) in [6, 6.07) is 16.6. The van der Waals surface area contributed by atoms with Crippen LogP contribution in [0.3, 0.4) is 0 Å². The van der Waals surface area contributed by atoms with E-state index < -0.39 is 0 Å². The van der Waals surface area contributed by atoms with Crippen molar-refractivity contribution in [1.29, 1.82) is 5.26 Å². The van der Waals surface area contributed by atoms with E-state index in [0.717, 1.165) is 61.4 Å². The van der Waals surface area contributed by atoms with Crippen molar-refractivity contribution >= 4 is 17.0 Å². The van der Waals surface area contributed by atoms with Gasteiger partial charge in [-0.2, -0.15) is 10.2 Å². The van der Waals surface area contributed by atoms with Crippen molar-refractivity contribution in [3.63, 3.8) is 0 Å². The Balaban J connectivity index is 1.12. The molecule has 0 unspecified atom stereocenters. The molecule has 0 saturated carbocycles. The number of piperidine rings is 1. The first-order chi connectivity index (χ1) is 16.1. The molecule has 1 fully saturated rings. The van der Waals surface area contributed by atoms with Crippen LogP contribution in [-0.2, 0) is 13.5 Å². The molecule has 3 heterocycles. The first-order valence-corrected chi connectivity index (χ1v) is 11.3. The molecule has 1 aliphatic heterocycles. The lowest BCUT2D eigenvalue weighted by atomic mass is 10.0. The Morgan fingerprint density at radius 1 is 1.12 bits per heavy atom. The van der Waals surface area contributed by atoms with Crippen LogP contribution in [0, 0.1) is 18.3 Å². The summed E-state index contributed by atoms with van der Waals surface area (Å²) in [6.07, 6.45) is 3.19. The number of nitriles is 1. The maximum Gasteiger partial charge on any atom is 0.257 e. The fourth-order valence-electron chi connectivity index (χ4n) is 4.40. The van der Waals surface area contributed by atoms with Crippen LogP contribution in [0.1, 0.15) is 29.8 Å². The van der Waals surface area contributed by atoms with E-state index in [9.17, 15) is 0 Å². The summed E-state index contributed by atoms with van der Waals surface area (Å²) in [5.41, 5.74) is 4.80. The average molecular weight is 442 g/mol. The molecule has 0 spiro atoms. The van der Waals surface area contributed by atoms with Crippen molar-refractivity contribution in [2.45, 2.75) is 32.2 Å². The summed E-state index contributed by atoms with van der Waals surface area (Å²) in [4.78, 5) is 11.5. The number of nitrogens with one attached hydrogen (secondary N) is 1. The molecular weight excluding hydrogens is 414 g/mol. The zero-order valence-corrected chi connectivity index (χ0v) is 19.0. The smallest absolute Gasteiger partial charge is 0.257 e. The summed E-state index contributed by atoms with van der Waals surface area (Å²) in [7, 11) is 2.02. The molecule has 5 rings (SSSR count). The number of likely N-dealkylation sites (tertiary alicyclic amines) is 1. The quantitative estimate of drug-likeness (QED) is 0.484. The van der Waals surface area contributed by atoms with Crippen LogP contribution >= 0.6 is 0 Å². The van der Waals surface area contributed by atoms with Gasteiger partial charge < -0.3 is 19.3 Å². The minimum Gasteiger partial charge on any atom is -0.353 e. The van der Waals surface area contributed by atoms with Gasteiger partial charge in [0.25, 0.3) is 5.89 Å². The number of hydrogen-bond donors (Lipinski definition) is 1. The number of benzene rings is 2. The third kappa shape index (κ3) is 4.59. The number of imidazole rings is 1. The Labute approximate surface area is 192 Å². The highest BCUT2D eigenvalue weighted by Crippen LogP contribution is 2.23. The number of aryl methyl sites for hydroxylation is 2. The fourth-order valence-corrected chi connectivity index (χ4v) is 4.40. The maximum atomic E-state index is 9.12.